The molecule has 2 heterocycles. The lowest BCUT2D eigenvalue weighted by Crippen LogP contribution is -2.44. The van der Waals surface area contributed by atoms with Crippen LogP contribution in [0.4, 0.5) is 11.4 Å². The summed E-state index contributed by atoms with van der Waals surface area (Å²) >= 11 is 3.09. The van der Waals surface area contributed by atoms with Crippen LogP contribution in [0.3, 0.4) is 0 Å². The SMILES string of the molecule is CCN(CC)c1ccc2c(c1)Oc1cc(N(CC)CC)ccc1C21c2ccccc2C(=O)N1N=C(SC)SC. The first-order valence-corrected chi connectivity index (χ1v) is 16.0. The molecule has 0 aromatic heterocycles. The number of fused-ring (bicyclic) bond motifs is 6. The van der Waals surface area contributed by atoms with Crippen molar-refractivity contribution in [1.29, 1.82) is 0 Å². The van der Waals surface area contributed by atoms with E-state index >= 15 is 0 Å². The standard InChI is InChI=1S/C31H36N4O2S2/c1-7-33(8-2)21-15-17-25-27(19-21)37-28-20-22(34(9-3)10-4)16-18-26(28)31(25)24-14-12-11-13-23(24)29(36)35(31)32-30(38-5)39-6/h11-20H,7-10H2,1-6H3. The Morgan fingerprint density at radius 2 is 1.31 bits per heavy atom. The van der Waals surface area contributed by atoms with Crippen LogP contribution in [0.1, 0.15) is 54.7 Å². The zero-order valence-corrected chi connectivity index (χ0v) is 25.2. The average molecular weight is 561 g/mol. The summed E-state index contributed by atoms with van der Waals surface area (Å²) in [5.41, 5.74) is 4.68. The fraction of sp³-hybridized carbons (Fsp3) is 0.355. The normalized spacial score (nSPS) is 14.4. The van der Waals surface area contributed by atoms with E-state index in [2.05, 4.69) is 80.0 Å². The molecule has 0 fully saturated rings. The minimum Gasteiger partial charge on any atom is -0.456 e. The maximum Gasteiger partial charge on any atom is 0.275 e. The van der Waals surface area contributed by atoms with Crippen LogP contribution in [0, 0.1) is 0 Å². The van der Waals surface area contributed by atoms with Gasteiger partial charge in [0.15, 0.2) is 0 Å². The number of hydrazone groups is 1. The van der Waals surface area contributed by atoms with Crippen molar-refractivity contribution in [3.8, 4) is 11.5 Å². The Bertz CT molecular complexity index is 1350. The van der Waals surface area contributed by atoms with E-state index < -0.39 is 5.54 Å². The highest BCUT2D eigenvalue weighted by molar-refractivity contribution is 8.38. The van der Waals surface area contributed by atoms with Crippen molar-refractivity contribution in [1.82, 2.24) is 5.01 Å². The van der Waals surface area contributed by atoms with Gasteiger partial charge in [-0.1, -0.05) is 30.3 Å². The van der Waals surface area contributed by atoms with Crippen molar-refractivity contribution in [2.75, 3.05) is 48.5 Å². The molecule has 0 atom stereocenters. The summed E-state index contributed by atoms with van der Waals surface area (Å²) < 4.78 is 7.55. The Hall–Kier alpha value is -3.10. The molecule has 1 spiro atoms. The van der Waals surface area contributed by atoms with Crippen LogP contribution in [0.25, 0.3) is 0 Å². The number of hydrogen-bond acceptors (Lipinski definition) is 7. The molecule has 2 aliphatic heterocycles. The Balaban J connectivity index is 1.86. The Morgan fingerprint density at radius 3 is 1.79 bits per heavy atom. The minimum absolute atomic E-state index is 0.106. The van der Waals surface area contributed by atoms with Crippen LogP contribution in [0.15, 0.2) is 65.8 Å². The van der Waals surface area contributed by atoms with E-state index in [0.29, 0.717) is 5.56 Å². The molecule has 2 aliphatic rings. The molecule has 3 aromatic carbocycles. The van der Waals surface area contributed by atoms with Crippen LogP contribution < -0.4 is 14.5 Å². The number of nitrogens with zero attached hydrogens (tertiary/aromatic N) is 4. The van der Waals surface area contributed by atoms with Crippen LogP contribution >= 0.6 is 23.5 Å². The van der Waals surface area contributed by atoms with Crippen LogP contribution in [0.2, 0.25) is 0 Å². The Morgan fingerprint density at radius 1 is 0.795 bits per heavy atom. The molecule has 0 radical (unpaired) electrons. The van der Waals surface area contributed by atoms with Crippen molar-refractivity contribution in [3.63, 3.8) is 0 Å². The fourth-order valence-electron chi connectivity index (χ4n) is 5.87. The monoisotopic (exact) mass is 560 g/mol. The summed E-state index contributed by atoms with van der Waals surface area (Å²) in [6.45, 7) is 12.2. The third-order valence-electron chi connectivity index (χ3n) is 7.78. The number of carbonyl (C=O) groups excluding carboxylic acids is 1. The Labute approximate surface area is 240 Å². The van der Waals surface area contributed by atoms with E-state index in [1.54, 1.807) is 28.5 Å². The van der Waals surface area contributed by atoms with Crippen molar-refractivity contribution in [2.24, 2.45) is 5.10 Å². The summed E-state index contributed by atoms with van der Waals surface area (Å²) in [6, 6.07) is 20.7. The number of rotatable bonds is 7. The quantitative estimate of drug-likeness (QED) is 0.224. The zero-order valence-electron chi connectivity index (χ0n) is 23.5. The van der Waals surface area contributed by atoms with Gasteiger partial charge < -0.3 is 14.5 Å². The molecule has 0 aliphatic carbocycles. The summed E-state index contributed by atoms with van der Waals surface area (Å²) in [4.78, 5) is 18.7. The van der Waals surface area contributed by atoms with E-state index in [4.69, 9.17) is 9.84 Å². The van der Waals surface area contributed by atoms with Gasteiger partial charge in [-0.2, -0.15) is 5.10 Å². The molecule has 1 amide bonds. The molecule has 0 N–H and O–H groups in total. The van der Waals surface area contributed by atoms with Crippen LogP contribution in [-0.4, -0.2) is 54.0 Å². The molecule has 0 saturated carbocycles. The summed E-state index contributed by atoms with van der Waals surface area (Å²) in [6.07, 6.45) is 3.99. The molecule has 6 nitrogen and oxygen atoms in total. The summed E-state index contributed by atoms with van der Waals surface area (Å²) in [7, 11) is 0. The topological polar surface area (TPSA) is 48.4 Å². The van der Waals surface area contributed by atoms with Crippen molar-refractivity contribution in [3.05, 3.63) is 82.9 Å². The molecule has 0 unspecified atom stereocenters. The number of hydrogen-bond donors (Lipinski definition) is 0. The van der Waals surface area contributed by atoms with Crippen LogP contribution in [-0.2, 0) is 5.54 Å². The molecule has 8 heteroatoms. The van der Waals surface area contributed by atoms with E-state index in [-0.39, 0.29) is 5.91 Å². The summed E-state index contributed by atoms with van der Waals surface area (Å²) in [5.74, 6) is 1.40. The third-order valence-corrected chi connectivity index (χ3v) is 9.64. The maximum absolute atomic E-state index is 14.1. The Kier molecular flexibility index (Phi) is 7.87. The fourth-order valence-corrected chi connectivity index (χ4v) is 6.87. The van der Waals surface area contributed by atoms with Gasteiger partial charge in [0.2, 0.25) is 0 Å². The zero-order chi connectivity index (χ0) is 27.7. The average Bonchev–Trinajstić information content (AvgIpc) is 3.21. The molecular weight excluding hydrogens is 525 g/mol. The van der Waals surface area contributed by atoms with Gasteiger partial charge in [0.05, 0.1) is 0 Å². The van der Waals surface area contributed by atoms with Gasteiger partial charge in [0.1, 0.15) is 21.4 Å². The van der Waals surface area contributed by atoms with Gasteiger partial charge in [-0.05, 0) is 58.4 Å². The molecule has 204 valence electrons. The smallest absolute Gasteiger partial charge is 0.275 e. The predicted molar refractivity (Wildman–Crippen MR) is 167 cm³/mol. The van der Waals surface area contributed by atoms with Gasteiger partial charge in [-0.15, -0.1) is 23.5 Å². The van der Waals surface area contributed by atoms with Crippen molar-refractivity contribution in [2.45, 2.75) is 33.2 Å². The van der Waals surface area contributed by atoms with E-state index in [9.17, 15) is 4.79 Å². The lowest BCUT2D eigenvalue weighted by Gasteiger charge is -2.42. The maximum atomic E-state index is 14.1. The van der Waals surface area contributed by atoms with Crippen molar-refractivity contribution >= 4 is 45.2 Å². The molecular formula is C31H36N4O2S2. The van der Waals surface area contributed by atoms with Crippen molar-refractivity contribution < 1.29 is 9.53 Å². The van der Waals surface area contributed by atoms with Gasteiger partial charge in [0, 0.05) is 71.9 Å². The first-order valence-electron chi connectivity index (χ1n) is 13.6. The first kappa shape index (κ1) is 27.5. The second-order valence-electron chi connectivity index (χ2n) is 9.45. The van der Waals surface area contributed by atoms with E-state index in [1.807, 2.05) is 30.7 Å². The van der Waals surface area contributed by atoms with E-state index in [0.717, 1.165) is 70.1 Å². The summed E-state index contributed by atoms with van der Waals surface area (Å²) in [5, 5.41) is 6.72. The van der Waals surface area contributed by atoms with Gasteiger partial charge in [-0.3, -0.25) is 4.79 Å². The predicted octanol–water partition coefficient (Wildman–Crippen LogP) is 7.23. The second-order valence-corrected chi connectivity index (χ2v) is 11.3. The first-order chi connectivity index (χ1) is 19.0. The van der Waals surface area contributed by atoms with Gasteiger partial charge in [0.25, 0.3) is 5.91 Å². The minimum atomic E-state index is -0.948. The number of anilines is 2. The van der Waals surface area contributed by atoms with Crippen LogP contribution in [0.5, 0.6) is 11.5 Å². The highest BCUT2D eigenvalue weighted by Gasteiger charge is 2.57. The number of ether oxygens (including phenoxy) is 1. The number of thioether (sulfide) groups is 2. The lowest BCUT2D eigenvalue weighted by atomic mass is 9.75. The number of amides is 1. The lowest BCUT2D eigenvalue weighted by molar-refractivity contribution is 0.0675. The highest BCUT2D eigenvalue weighted by atomic mass is 32.2. The highest BCUT2D eigenvalue weighted by Crippen LogP contribution is 2.58. The second kappa shape index (κ2) is 11.2. The van der Waals surface area contributed by atoms with Gasteiger partial charge >= 0.3 is 0 Å². The third kappa shape index (κ3) is 4.28. The molecule has 3 aromatic rings. The largest absolute Gasteiger partial charge is 0.456 e. The molecule has 5 rings (SSSR count). The van der Waals surface area contributed by atoms with Gasteiger partial charge in [-0.25, -0.2) is 5.01 Å². The van der Waals surface area contributed by atoms with E-state index in [1.165, 1.54) is 0 Å². The number of carbonyl (C=O) groups is 1. The number of benzene rings is 3. The molecule has 0 saturated heterocycles. The molecule has 39 heavy (non-hydrogen) atoms. The molecule has 0 bridgehead atoms.